The normalized spacial score (nSPS) is 16.0. The molecule has 2 heterocycles. The van der Waals surface area contributed by atoms with Crippen LogP contribution in [0.3, 0.4) is 0 Å². The van der Waals surface area contributed by atoms with Crippen LogP contribution >= 0.6 is 0 Å². The molecule has 0 unspecified atom stereocenters. The Balaban J connectivity index is 1.99. The van der Waals surface area contributed by atoms with Gasteiger partial charge in [-0.25, -0.2) is 0 Å². The van der Waals surface area contributed by atoms with Crippen LogP contribution in [-0.4, -0.2) is 35.6 Å². The lowest BCUT2D eigenvalue weighted by Gasteiger charge is -2.20. The van der Waals surface area contributed by atoms with Gasteiger partial charge < -0.3 is 14.2 Å². The van der Waals surface area contributed by atoms with E-state index in [-0.39, 0.29) is 5.91 Å². The first-order valence-electron chi connectivity index (χ1n) is 7.64. The van der Waals surface area contributed by atoms with Crippen LogP contribution in [-0.2, 0) is 7.05 Å². The largest absolute Gasteiger partial charge is 0.496 e. The van der Waals surface area contributed by atoms with Crippen molar-refractivity contribution < 1.29 is 9.53 Å². The van der Waals surface area contributed by atoms with Gasteiger partial charge in [0.1, 0.15) is 11.4 Å². The minimum atomic E-state index is 0.137. The molecule has 1 aliphatic heterocycles. The monoisotopic (exact) mass is 286 g/mol. The van der Waals surface area contributed by atoms with Gasteiger partial charge in [0.25, 0.3) is 5.91 Å². The molecule has 3 rings (SSSR count). The molecule has 0 atom stereocenters. The smallest absolute Gasteiger partial charge is 0.270 e. The highest BCUT2D eigenvalue weighted by Gasteiger charge is 2.21. The molecule has 1 aromatic carbocycles. The quantitative estimate of drug-likeness (QED) is 0.849. The molecule has 0 aliphatic carbocycles. The molecule has 1 aliphatic rings. The number of carbonyl (C=O) groups is 1. The number of hydrogen-bond donors (Lipinski definition) is 0. The topological polar surface area (TPSA) is 34.5 Å². The fourth-order valence-electron chi connectivity index (χ4n) is 3.15. The lowest BCUT2D eigenvalue weighted by Crippen LogP contribution is -2.33. The SMILES string of the molecule is COc1cccc2c1cc(C(=O)N1CCCCCC1)n2C. The predicted molar refractivity (Wildman–Crippen MR) is 83.8 cm³/mol. The minimum Gasteiger partial charge on any atom is -0.496 e. The molecule has 21 heavy (non-hydrogen) atoms. The predicted octanol–water partition coefficient (Wildman–Crippen LogP) is 3.20. The van der Waals surface area contributed by atoms with Crippen molar-refractivity contribution in [3.8, 4) is 5.75 Å². The third-order valence-electron chi connectivity index (χ3n) is 4.38. The van der Waals surface area contributed by atoms with E-state index in [0.717, 1.165) is 48.3 Å². The second kappa shape index (κ2) is 5.80. The molecule has 1 amide bonds. The van der Waals surface area contributed by atoms with Gasteiger partial charge in [-0.3, -0.25) is 4.79 Å². The molecule has 2 aromatic rings. The summed E-state index contributed by atoms with van der Waals surface area (Å²) in [6, 6.07) is 7.88. The number of likely N-dealkylation sites (tertiary alicyclic amines) is 1. The molecular formula is C17H22N2O2. The maximum atomic E-state index is 12.8. The van der Waals surface area contributed by atoms with E-state index >= 15 is 0 Å². The maximum Gasteiger partial charge on any atom is 0.270 e. The van der Waals surface area contributed by atoms with Gasteiger partial charge in [-0.1, -0.05) is 18.9 Å². The molecule has 4 nitrogen and oxygen atoms in total. The zero-order valence-electron chi connectivity index (χ0n) is 12.8. The number of carbonyl (C=O) groups excluding carboxylic acids is 1. The maximum absolute atomic E-state index is 12.8. The zero-order valence-corrected chi connectivity index (χ0v) is 12.8. The van der Waals surface area contributed by atoms with Gasteiger partial charge in [0.15, 0.2) is 0 Å². The minimum absolute atomic E-state index is 0.137. The van der Waals surface area contributed by atoms with Crippen molar-refractivity contribution in [2.24, 2.45) is 7.05 Å². The van der Waals surface area contributed by atoms with Crippen LogP contribution in [0.15, 0.2) is 24.3 Å². The summed E-state index contributed by atoms with van der Waals surface area (Å²) < 4.78 is 7.38. The number of aryl methyl sites for hydroxylation is 1. The van der Waals surface area contributed by atoms with Crippen LogP contribution in [0.2, 0.25) is 0 Å². The van der Waals surface area contributed by atoms with Crippen molar-refractivity contribution in [3.05, 3.63) is 30.0 Å². The number of ether oxygens (including phenoxy) is 1. The molecule has 0 bridgehead atoms. The van der Waals surface area contributed by atoms with Crippen LogP contribution in [0.1, 0.15) is 36.2 Å². The Kier molecular flexibility index (Phi) is 3.86. The van der Waals surface area contributed by atoms with E-state index in [1.54, 1.807) is 7.11 Å². The molecule has 112 valence electrons. The van der Waals surface area contributed by atoms with E-state index in [1.807, 2.05) is 40.8 Å². The first-order valence-corrected chi connectivity index (χ1v) is 7.64. The highest BCUT2D eigenvalue weighted by atomic mass is 16.5. The number of methoxy groups -OCH3 is 1. The molecule has 1 aromatic heterocycles. The van der Waals surface area contributed by atoms with E-state index in [0.29, 0.717) is 0 Å². The zero-order chi connectivity index (χ0) is 14.8. The lowest BCUT2D eigenvalue weighted by molar-refractivity contribution is 0.0752. The van der Waals surface area contributed by atoms with E-state index in [4.69, 9.17) is 4.74 Å². The number of amides is 1. The van der Waals surface area contributed by atoms with E-state index in [1.165, 1.54) is 12.8 Å². The van der Waals surface area contributed by atoms with Gasteiger partial charge in [0.2, 0.25) is 0 Å². The molecular weight excluding hydrogens is 264 g/mol. The summed E-state index contributed by atoms with van der Waals surface area (Å²) in [6.07, 6.45) is 4.68. The van der Waals surface area contributed by atoms with Crippen LogP contribution in [0.25, 0.3) is 10.9 Å². The lowest BCUT2D eigenvalue weighted by atomic mass is 10.2. The van der Waals surface area contributed by atoms with Gasteiger partial charge in [0, 0.05) is 25.5 Å². The third kappa shape index (κ3) is 2.50. The number of aromatic nitrogens is 1. The summed E-state index contributed by atoms with van der Waals surface area (Å²) >= 11 is 0. The Bertz CT molecular complexity index is 652. The molecule has 4 heteroatoms. The highest BCUT2D eigenvalue weighted by molar-refractivity contribution is 6.00. The van der Waals surface area contributed by atoms with Crippen molar-refractivity contribution >= 4 is 16.8 Å². The summed E-state index contributed by atoms with van der Waals surface area (Å²) in [4.78, 5) is 14.8. The van der Waals surface area contributed by atoms with Crippen LogP contribution in [0.4, 0.5) is 0 Å². The summed E-state index contributed by atoms with van der Waals surface area (Å²) in [6.45, 7) is 1.75. The van der Waals surface area contributed by atoms with Crippen molar-refractivity contribution in [2.45, 2.75) is 25.7 Å². The second-order valence-corrected chi connectivity index (χ2v) is 5.69. The average Bonchev–Trinajstić information content (AvgIpc) is 2.70. The molecule has 0 saturated carbocycles. The molecule has 0 N–H and O–H groups in total. The molecule has 0 radical (unpaired) electrons. The first kappa shape index (κ1) is 14.0. The summed E-state index contributed by atoms with van der Waals surface area (Å²) in [7, 11) is 3.62. The highest BCUT2D eigenvalue weighted by Crippen LogP contribution is 2.28. The summed E-state index contributed by atoms with van der Waals surface area (Å²) in [5, 5.41) is 1.00. The Morgan fingerprint density at radius 1 is 1.14 bits per heavy atom. The Hall–Kier alpha value is -1.97. The van der Waals surface area contributed by atoms with Crippen LogP contribution in [0, 0.1) is 0 Å². The van der Waals surface area contributed by atoms with Crippen LogP contribution < -0.4 is 4.74 Å². The number of hydrogen-bond acceptors (Lipinski definition) is 2. The van der Waals surface area contributed by atoms with E-state index in [2.05, 4.69) is 0 Å². The summed E-state index contributed by atoms with van der Waals surface area (Å²) in [5.41, 5.74) is 1.78. The molecule has 1 fully saturated rings. The van der Waals surface area contributed by atoms with Gasteiger partial charge in [-0.2, -0.15) is 0 Å². The number of fused-ring (bicyclic) bond motifs is 1. The van der Waals surface area contributed by atoms with Gasteiger partial charge in [-0.05, 0) is 31.0 Å². The number of benzene rings is 1. The fraction of sp³-hybridized carbons (Fsp3) is 0.471. The number of rotatable bonds is 2. The Morgan fingerprint density at radius 3 is 2.52 bits per heavy atom. The summed E-state index contributed by atoms with van der Waals surface area (Å²) in [5.74, 6) is 0.954. The number of nitrogens with zero attached hydrogens (tertiary/aromatic N) is 2. The fourth-order valence-corrected chi connectivity index (χ4v) is 3.15. The standard InChI is InChI=1S/C17H22N2O2/c1-18-14-8-7-9-16(21-2)13(14)12-15(18)17(20)19-10-5-3-4-6-11-19/h7-9,12H,3-6,10-11H2,1-2H3. The van der Waals surface area contributed by atoms with E-state index in [9.17, 15) is 4.79 Å². The Morgan fingerprint density at radius 2 is 1.86 bits per heavy atom. The molecule has 0 spiro atoms. The van der Waals surface area contributed by atoms with Crippen LogP contribution in [0.5, 0.6) is 5.75 Å². The molecule has 1 saturated heterocycles. The first-order chi connectivity index (χ1) is 10.2. The van der Waals surface area contributed by atoms with Crippen molar-refractivity contribution in [2.75, 3.05) is 20.2 Å². The van der Waals surface area contributed by atoms with Crippen molar-refractivity contribution in [1.82, 2.24) is 9.47 Å². The van der Waals surface area contributed by atoms with E-state index < -0.39 is 0 Å². The van der Waals surface area contributed by atoms with Gasteiger partial charge in [0.05, 0.1) is 12.6 Å². The second-order valence-electron chi connectivity index (χ2n) is 5.69. The van der Waals surface area contributed by atoms with Gasteiger partial charge >= 0.3 is 0 Å². The third-order valence-corrected chi connectivity index (χ3v) is 4.38. The van der Waals surface area contributed by atoms with Crippen molar-refractivity contribution in [3.63, 3.8) is 0 Å². The van der Waals surface area contributed by atoms with Gasteiger partial charge in [-0.15, -0.1) is 0 Å². The Labute approximate surface area is 125 Å². The van der Waals surface area contributed by atoms with Crippen molar-refractivity contribution in [1.29, 1.82) is 0 Å². The average molecular weight is 286 g/mol.